The van der Waals surface area contributed by atoms with Crippen LogP contribution in [0, 0.1) is 5.92 Å². The highest BCUT2D eigenvalue weighted by Gasteiger charge is 2.10. The molecule has 32 heavy (non-hydrogen) atoms. The summed E-state index contributed by atoms with van der Waals surface area (Å²) in [5.41, 5.74) is 9.12. The topological polar surface area (TPSA) is 120 Å². The fraction of sp³-hybridized carbons (Fsp3) is 0.435. The number of carbonyl (C=O) groups is 1. The third-order valence-electron chi connectivity index (χ3n) is 4.73. The van der Waals surface area contributed by atoms with Crippen molar-refractivity contribution in [3.05, 3.63) is 42.2 Å². The van der Waals surface area contributed by atoms with Gasteiger partial charge in [-0.25, -0.2) is 10.5 Å². The molecular formula is C23H30N4O4S. The van der Waals surface area contributed by atoms with E-state index in [4.69, 9.17) is 20.4 Å². The Labute approximate surface area is 191 Å². The maximum absolute atomic E-state index is 12.0. The first kappa shape index (κ1) is 23.9. The van der Waals surface area contributed by atoms with Gasteiger partial charge in [0, 0.05) is 18.3 Å². The molecule has 0 aliphatic heterocycles. The lowest BCUT2D eigenvalue weighted by Crippen LogP contribution is -2.26. The van der Waals surface area contributed by atoms with Crippen LogP contribution >= 0.6 is 11.3 Å². The van der Waals surface area contributed by atoms with Gasteiger partial charge >= 0.3 is 0 Å². The lowest BCUT2D eigenvalue weighted by molar-refractivity contribution is 0.0204. The summed E-state index contributed by atoms with van der Waals surface area (Å²) < 4.78 is 6.74. The highest BCUT2D eigenvalue weighted by atomic mass is 32.1. The van der Waals surface area contributed by atoms with Gasteiger partial charge in [-0.15, -0.1) is 0 Å². The van der Waals surface area contributed by atoms with E-state index in [1.807, 2.05) is 26.0 Å². The number of thiazole rings is 1. The van der Waals surface area contributed by atoms with E-state index in [-0.39, 0.29) is 11.8 Å². The van der Waals surface area contributed by atoms with Crippen LogP contribution in [0.5, 0.6) is 11.5 Å². The number of hydrogen-bond acceptors (Lipinski definition) is 8. The predicted molar refractivity (Wildman–Crippen MR) is 126 cm³/mol. The minimum absolute atomic E-state index is 0.0359. The molecule has 1 saturated carbocycles. The molecule has 0 saturated heterocycles. The van der Waals surface area contributed by atoms with E-state index in [9.17, 15) is 4.79 Å². The number of rotatable bonds is 6. The van der Waals surface area contributed by atoms with Crippen molar-refractivity contribution < 1.29 is 19.5 Å². The van der Waals surface area contributed by atoms with Crippen molar-refractivity contribution >= 4 is 32.6 Å². The summed E-state index contributed by atoms with van der Waals surface area (Å²) in [6.45, 7) is 4.42. The molecule has 1 aromatic carbocycles. The number of aromatic nitrogens is 2. The van der Waals surface area contributed by atoms with Crippen LogP contribution in [-0.4, -0.2) is 33.7 Å². The van der Waals surface area contributed by atoms with E-state index >= 15 is 0 Å². The molecule has 0 atom stereocenters. The molecule has 2 aromatic heterocycles. The zero-order valence-electron chi connectivity index (χ0n) is 18.4. The van der Waals surface area contributed by atoms with Gasteiger partial charge in [0.2, 0.25) is 0 Å². The molecule has 9 heteroatoms. The van der Waals surface area contributed by atoms with E-state index < -0.39 is 5.91 Å². The molecule has 0 bridgehead atoms. The van der Waals surface area contributed by atoms with Crippen LogP contribution < -0.4 is 16.0 Å². The zero-order chi connectivity index (χ0) is 22.9. The van der Waals surface area contributed by atoms with Crippen molar-refractivity contribution in [1.29, 1.82) is 0 Å². The number of anilines is 1. The summed E-state index contributed by atoms with van der Waals surface area (Å²) in [7, 11) is 0. The van der Waals surface area contributed by atoms with Gasteiger partial charge in [-0.2, -0.15) is 0 Å². The van der Waals surface area contributed by atoms with E-state index in [1.54, 1.807) is 18.2 Å². The Balaban J connectivity index is 0.000000352. The van der Waals surface area contributed by atoms with Crippen molar-refractivity contribution in [1.82, 2.24) is 15.4 Å². The van der Waals surface area contributed by atoms with Crippen LogP contribution in [-0.2, 0) is 4.84 Å². The molecule has 3 aromatic rings. The summed E-state index contributed by atoms with van der Waals surface area (Å²) in [6.07, 6.45) is 7.43. The lowest BCUT2D eigenvalue weighted by Gasteiger charge is -2.14. The number of benzene rings is 1. The lowest BCUT2D eigenvalue weighted by atomic mass is 9.98. The highest BCUT2D eigenvalue weighted by molar-refractivity contribution is 7.22. The fourth-order valence-electron chi connectivity index (χ4n) is 3.13. The molecule has 172 valence electrons. The van der Waals surface area contributed by atoms with Crippen LogP contribution in [0.1, 0.15) is 56.4 Å². The molecule has 0 spiro atoms. The number of nitrogens with one attached hydrogen (secondary N) is 1. The van der Waals surface area contributed by atoms with Gasteiger partial charge in [0.25, 0.3) is 5.91 Å². The minimum atomic E-state index is -0.420. The summed E-state index contributed by atoms with van der Waals surface area (Å²) in [6, 6.07) is 8.73. The number of carbonyl (C=O) groups excluding carboxylic acids is 1. The number of aliphatic hydroxyl groups is 1. The third-order valence-corrected chi connectivity index (χ3v) is 5.58. The number of amides is 1. The number of nitrogens with zero attached hydrogens (tertiary/aromatic N) is 2. The van der Waals surface area contributed by atoms with Crippen LogP contribution in [0.15, 0.2) is 36.5 Å². The average molecular weight is 459 g/mol. The number of aliphatic hydroxyl groups excluding tert-OH is 1. The number of ether oxygens (including phenoxy) is 1. The van der Waals surface area contributed by atoms with Crippen molar-refractivity contribution in [3.8, 4) is 11.5 Å². The van der Waals surface area contributed by atoms with Crippen LogP contribution in [0.25, 0.3) is 10.2 Å². The molecule has 4 N–H and O–H groups in total. The number of nitrogens with two attached hydrogens (primary N) is 1. The van der Waals surface area contributed by atoms with Crippen molar-refractivity contribution in [2.45, 2.75) is 52.1 Å². The molecule has 0 radical (unpaired) electrons. The van der Waals surface area contributed by atoms with Gasteiger partial charge < -0.3 is 15.6 Å². The number of hydroxylamine groups is 1. The second-order valence-electron chi connectivity index (χ2n) is 8.09. The molecule has 8 nitrogen and oxygen atoms in total. The van der Waals surface area contributed by atoms with Gasteiger partial charge in [-0.3, -0.25) is 14.6 Å². The normalized spacial score (nSPS) is 14.1. The number of fused-ring (bicyclic) bond motifs is 1. The Morgan fingerprint density at radius 1 is 1.22 bits per heavy atom. The smallest absolute Gasteiger partial charge is 0.293 e. The van der Waals surface area contributed by atoms with E-state index in [0.29, 0.717) is 29.2 Å². The first-order valence-corrected chi connectivity index (χ1v) is 11.6. The van der Waals surface area contributed by atoms with E-state index in [1.165, 1.54) is 36.8 Å². The van der Waals surface area contributed by atoms with Crippen LogP contribution in [0.4, 0.5) is 5.13 Å². The Kier molecular flexibility index (Phi) is 8.78. The SMILES string of the molecule is CC(C)CONC(=O)c1cc(Oc2ccc3nc(N)sc3c2)ccn1.OC1CCCCC1. The van der Waals surface area contributed by atoms with Crippen molar-refractivity contribution in [3.63, 3.8) is 0 Å². The number of pyridine rings is 1. The quantitative estimate of drug-likeness (QED) is 0.458. The highest BCUT2D eigenvalue weighted by Crippen LogP contribution is 2.30. The maximum atomic E-state index is 12.0. The first-order chi connectivity index (χ1) is 15.4. The largest absolute Gasteiger partial charge is 0.457 e. The first-order valence-electron chi connectivity index (χ1n) is 10.8. The number of hydrogen-bond donors (Lipinski definition) is 3. The second kappa shape index (κ2) is 11.8. The third kappa shape index (κ3) is 7.44. The Morgan fingerprint density at radius 3 is 2.66 bits per heavy atom. The Bertz CT molecular complexity index is 1020. The molecule has 1 aliphatic carbocycles. The van der Waals surface area contributed by atoms with E-state index in [2.05, 4.69) is 15.4 Å². The summed E-state index contributed by atoms with van der Waals surface area (Å²) in [4.78, 5) is 25.4. The maximum Gasteiger partial charge on any atom is 0.293 e. The fourth-order valence-corrected chi connectivity index (χ4v) is 3.89. The molecule has 1 fully saturated rings. The molecular weight excluding hydrogens is 428 g/mol. The minimum Gasteiger partial charge on any atom is -0.457 e. The summed E-state index contributed by atoms with van der Waals surface area (Å²) in [5.74, 6) is 1.03. The Hall–Kier alpha value is -2.75. The summed E-state index contributed by atoms with van der Waals surface area (Å²) in [5, 5.41) is 9.42. The van der Waals surface area contributed by atoms with Crippen LogP contribution in [0.2, 0.25) is 0 Å². The molecule has 4 rings (SSSR count). The van der Waals surface area contributed by atoms with Crippen molar-refractivity contribution in [2.24, 2.45) is 5.92 Å². The van der Waals surface area contributed by atoms with Gasteiger partial charge in [0.15, 0.2) is 5.13 Å². The zero-order valence-corrected chi connectivity index (χ0v) is 19.2. The monoisotopic (exact) mass is 458 g/mol. The van der Waals surface area contributed by atoms with Gasteiger partial charge in [-0.1, -0.05) is 44.4 Å². The molecule has 1 aliphatic rings. The second-order valence-corrected chi connectivity index (χ2v) is 9.15. The summed E-state index contributed by atoms with van der Waals surface area (Å²) >= 11 is 1.39. The van der Waals surface area contributed by atoms with Crippen molar-refractivity contribution in [2.75, 3.05) is 12.3 Å². The Morgan fingerprint density at radius 2 is 1.97 bits per heavy atom. The van der Waals surface area contributed by atoms with Gasteiger partial charge in [0.05, 0.1) is 22.9 Å². The van der Waals surface area contributed by atoms with Crippen LogP contribution in [0.3, 0.4) is 0 Å². The van der Waals surface area contributed by atoms with E-state index in [0.717, 1.165) is 23.1 Å². The number of nitrogen functional groups attached to an aromatic ring is 1. The standard InChI is InChI=1S/C17H18N4O3S.C6H12O/c1-10(2)9-23-21-16(22)14-7-12(5-6-19-14)24-11-3-4-13-15(8-11)25-17(18)20-13;7-6-4-2-1-3-5-6/h3-8,10H,9H2,1-2H3,(H2,18,20)(H,21,22);6-7H,1-5H2. The van der Waals surface area contributed by atoms with Gasteiger partial charge in [-0.05, 0) is 37.0 Å². The van der Waals surface area contributed by atoms with Gasteiger partial charge in [0.1, 0.15) is 17.2 Å². The predicted octanol–water partition coefficient (Wildman–Crippen LogP) is 4.69. The molecule has 1 amide bonds. The average Bonchev–Trinajstić information content (AvgIpc) is 3.14. The molecule has 0 unspecified atom stereocenters. The molecule has 2 heterocycles.